The summed E-state index contributed by atoms with van der Waals surface area (Å²) in [5.41, 5.74) is 0.633. The lowest BCUT2D eigenvalue weighted by atomic mass is 10.0. The number of halogens is 2. The lowest BCUT2D eigenvalue weighted by Crippen LogP contribution is -2.27. The Labute approximate surface area is 98.3 Å². The van der Waals surface area contributed by atoms with Crippen LogP contribution in [0.4, 0.5) is 8.78 Å². The Morgan fingerprint density at radius 1 is 1.29 bits per heavy atom. The molecule has 0 radical (unpaired) electrons. The fraction of sp³-hybridized carbons (Fsp3) is 0.500. The van der Waals surface area contributed by atoms with Crippen LogP contribution in [0.3, 0.4) is 0 Å². The van der Waals surface area contributed by atoms with E-state index in [1.54, 1.807) is 0 Å². The number of hydrogen-bond donors (Lipinski definition) is 2. The third kappa shape index (κ3) is 2.62. The van der Waals surface area contributed by atoms with E-state index < -0.39 is 17.7 Å². The molecule has 0 unspecified atom stereocenters. The topological polar surface area (TPSA) is 43.7 Å². The van der Waals surface area contributed by atoms with E-state index in [1.807, 2.05) is 4.90 Å². The molecule has 17 heavy (non-hydrogen) atoms. The molecule has 1 fully saturated rings. The highest BCUT2D eigenvalue weighted by atomic mass is 19.2. The van der Waals surface area contributed by atoms with Crippen LogP contribution in [0, 0.1) is 11.6 Å². The highest BCUT2D eigenvalue weighted by Gasteiger charge is 2.31. The number of hydrogen-bond acceptors (Lipinski definition) is 3. The standard InChI is InChI=1S/C12H15F2NO2/c13-10-2-1-8(5-11(10)14)12-6-9(17)7-15(12)3-4-16/h1-2,5,9,12,16-17H,3-4,6-7H2/t9-,12+/m0/s1. The van der Waals surface area contributed by atoms with Crippen LogP contribution in [0.1, 0.15) is 18.0 Å². The Bertz CT molecular complexity index is 400. The number of benzene rings is 1. The molecular formula is C12H15F2NO2. The van der Waals surface area contributed by atoms with E-state index >= 15 is 0 Å². The predicted octanol–water partition coefficient (Wildman–Crippen LogP) is 1.06. The average molecular weight is 243 g/mol. The second-order valence-corrected chi connectivity index (χ2v) is 4.30. The fourth-order valence-corrected chi connectivity index (χ4v) is 2.32. The third-order valence-electron chi connectivity index (χ3n) is 3.10. The fourth-order valence-electron chi connectivity index (χ4n) is 2.32. The van der Waals surface area contributed by atoms with Crippen molar-refractivity contribution in [1.29, 1.82) is 0 Å². The Hall–Kier alpha value is -1.04. The Balaban J connectivity index is 2.22. The van der Waals surface area contributed by atoms with Crippen LogP contribution in [-0.2, 0) is 0 Å². The first kappa shape index (κ1) is 12.4. The maximum atomic E-state index is 13.1. The first-order valence-corrected chi connectivity index (χ1v) is 5.59. The SMILES string of the molecule is OCCN1C[C@@H](O)C[C@@H]1c1ccc(F)c(F)c1. The van der Waals surface area contributed by atoms with Crippen LogP contribution < -0.4 is 0 Å². The first-order valence-electron chi connectivity index (χ1n) is 5.59. The van der Waals surface area contributed by atoms with Crippen molar-refractivity contribution < 1.29 is 19.0 Å². The van der Waals surface area contributed by atoms with Crippen molar-refractivity contribution in [2.45, 2.75) is 18.6 Å². The quantitative estimate of drug-likeness (QED) is 0.834. The summed E-state index contributed by atoms with van der Waals surface area (Å²) >= 11 is 0. The molecule has 2 rings (SSSR count). The molecular weight excluding hydrogens is 228 g/mol. The van der Waals surface area contributed by atoms with Gasteiger partial charge in [-0.15, -0.1) is 0 Å². The van der Waals surface area contributed by atoms with Gasteiger partial charge < -0.3 is 10.2 Å². The molecule has 1 aliphatic heterocycles. The smallest absolute Gasteiger partial charge is 0.159 e. The first-order chi connectivity index (χ1) is 8.11. The third-order valence-corrected chi connectivity index (χ3v) is 3.10. The van der Waals surface area contributed by atoms with Crippen molar-refractivity contribution in [2.24, 2.45) is 0 Å². The van der Waals surface area contributed by atoms with Gasteiger partial charge in [-0.3, -0.25) is 4.90 Å². The van der Waals surface area contributed by atoms with Gasteiger partial charge in [0.25, 0.3) is 0 Å². The maximum absolute atomic E-state index is 13.1. The molecule has 2 atom stereocenters. The molecule has 5 heteroatoms. The molecule has 0 spiro atoms. The molecule has 1 aliphatic rings. The predicted molar refractivity (Wildman–Crippen MR) is 58.4 cm³/mol. The minimum atomic E-state index is -0.882. The van der Waals surface area contributed by atoms with Crippen LogP contribution in [0.25, 0.3) is 0 Å². The van der Waals surface area contributed by atoms with Gasteiger partial charge in [0.1, 0.15) is 0 Å². The Morgan fingerprint density at radius 2 is 2.06 bits per heavy atom. The lowest BCUT2D eigenvalue weighted by molar-refractivity contribution is 0.156. The molecule has 2 N–H and O–H groups in total. The maximum Gasteiger partial charge on any atom is 0.159 e. The van der Waals surface area contributed by atoms with Crippen LogP contribution in [-0.4, -0.2) is 40.9 Å². The van der Waals surface area contributed by atoms with Gasteiger partial charge in [0, 0.05) is 19.1 Å². The molecule has 0 aliphatic carbocycles. The number of aliphatic hydroxyl groups excluding tert-OH is 2. The van der Waals surface area contributed by atoms with Gasteiger partial charge in [-0.1, -0.05) is 6.07 Å². The summed E-state index contributed by atoms with van der Waals surface area (Å²) < 4.78 is 26.0. The zero-order valence-corrected chi connectivity index (χ0v) is 9.31. The molecule has 1 aromatic carbocycles. The van der Waals surface area contributed by atoms with Crippen LogP contribution in [0.5, 0.6) is 0 Å². The summed E-state index contributed by atoms with van der Waals surface area (Å²) in [6.07, 6.45) is -0.00917. The molecule has 0 aromatic heterocycles. The summed E-state index contributed by atoms with van der Waals surface area (Å²) in [7, 11) is 0. The van der Waals surface area contributed by atoms with Crippen molar-refractivity contribution in [3.63, 3.8) is 0 Å². The molecule has 1 heterocycles. The number of β-amino-alcohol motifs (C(OH)–C–C–N with tert-alkyl or cyclic N) is 2. The summed E-state index contributed by atoms with van der Waals surface area (Å²) in [6, 6.07) is 3.60. The number of nitrogens with zero attached hydrogens (tertiary/aromatic N) is 1. The van der Waals surface area contributed by atoms with E-state index in [2.05, 4.69) is 0 Å². The molecule has 0 amide bonds. The normalized spacial score (nSPS) is 25.4. The molecule has 0 saturated carbocycles. The van der Waals surface area contributed by atoms with Crippen LogP contribution in [0.15, 0.2) is 18.2 Å². The molecule has 3 nitrogen and oxygen atoms in total. The Kier molecular flexibility index (Phi) is 3.71. The summed E-state index contributed by atoms with van der Waals surface area (Å²) in [5, 5.41) is 18.5. The van der Waals surface area contributed by atoms with E-state index in [-0.39, 0.29) is 12.6 Å². The average Bonchev–Trinajstić information content (AvgIpc) is 2.64. The van der Waals surface area contributed by atoms with Crippen molar-refractivity contribution >= 4 is 0 Å². The van der Waals surface area contributed by atoms with Crippen molar-refractivity contribution in [2.75, 3.05) is 19.7 Å². The van der Waals surface area contributed by atoms with Gasteiger partial charge in [-0.05, 0) is 24.1 Å². The molecule has 1 aromatic rings. The van der Waals surface area contributed by atoms with Crippen molar-refractivity contribution in [3.05, 3.63) is 35.4 Å². The van der Waals surface area contributed by atoms with Crippen LogP contribution >= 0.6 is 0 Å². The van der Waals surface area contributed by atoms with E-state index in [0.29, 0.717) is 25.1 Å². The van der Waals surface area contributed by atoms with Crippen molar-refractivity contribution in [1.82, 2.24) is 4.90 Å². The summed E-state index contributed by atoms with van der Waals surface area (Å²) in [6.45, 7) is 0.845. The summed E-state index contributed by atoms with van der Waals surface area (Å²) in [4.78, 5) is 1.87. The van der Waals surface area contributed by atoms with Gasteiger partial charge in [0.05, 0.1) is 12.7 Å². The van der Waals surface area contributed by atoms with Gasteiger partial charge in [0.15, 0.2) is 11.6 Å². The highest BCUT2D eigenvalue weighted by Crippen LogP contribution is 2.32. The minimum Gasteiger partial charge on any atom is -0.395 e. The van der Waals surface area contributed by atoms with E-state index in [4.69, 9.17) is 5.11 Å². The van der Waals surface area contributed by atoms with Gasteiger partial charge >= 0.3 is 0 Å². The zero-order valence-electron chi connectivity index (χ0n) is 9.31. The Morgan fingerprint density at radius 3 is 2.71 bits per heavy atom. The van der Waals surface area contributed by atoms with Gasteiger partial charge in [-0.2, -0.15) is 0 Å². The second-order valence-electron chi connectivity index (χ2n) is 4.30. The zero-order chi connectivity index (χ0) is 12.4. The van der Waals surface area contributed by atoms with E-state index in [9.17, 15) is 13.9 Å². The minimum absolute atomic E-state index is 0.0209. The number of rotatable bonds is 3. The monoisotopic (exact) mass is 243 g/mol. The van der Waals surface area contributed by atoms with Gasteiger partial charge in [0.2, 0.25) is 0 Å². The van der Waals surface area contributed by atoms with E-state index in [1.165, 1.54) is 6.07 Å². The van der Waals surface area contributed by atoms with Crippen LogP contribution in [0.2, 0.25) is 0 Å². The summed E-state index contributed by atoms with van der Waals surface area (Å²) in [5.74, 6) is -1.76. The highest BCUT2D eigenvalue weighted by molar-refractivity contribution is 5.22. The van der Waals surface area contributed by atoms with E-state index in [0.717, 1.165) is 12.1 Å². The number of aliphatic hydroxyl groups is 2. The van der Waals surface area contributed by atoms with Gasteiger partial charge in [-0.25, -0.2) is 8.78 Å². The molecule has 0 bridgehead atoms. The van der Waals surface area contributed by atoms with Crippen molar-refractivity contribution in [3.8, 4) is 0 Å². The molecule has 1 saturated heterocycles. The lowest BCUT2D eigenvalue weighted by Gasteiger charge is -2.23. The second kappa shape index (κ2) is 5.08. The molecule has 94 valence electrons. The number of likely N-dealkylation sites (tertiary alicyclic amines) is 1. The largest absolute Gasteiger partial charge is 0.395 e.